The molecule has 0 unspecified atom stereocenters. The molecule has 0 amide bonds. The maximum absolute atomic E-state index is 15.7. The molecule has 0 atom stereocenters. The first kappa shape index (κ1) is 38.9. The maximum Gasteiger partial charge on any atom is 0.295 e. The summed E-state index contributed by atoms with van der Waals surface area (Å²) in [6.45, 7) is 0. The lowest BCUT2D eigenvalue weighted by Gasteiger charge is -2.11. The van der Waals surface area contributed by atoms with E-state index < -0.39 is 183 Å². The molecule has 8 rings (SSSR count). The van der Waals surface area contributed by atoms with Crippen LogP contribution in [0.25, 0.3) is 66.5 Å². The Labute approximate surface area is 314 Å². The van der Waals surface area contributed by atoms with Crippen molar-refractivity contribution in [3.05, 3.63) is 139 Å². The Bertz CT molecular complexity index is 3090. The molecule has 0 fully saturated rings. The molecule has 0 saturated carbocycles. The van der Waals surface area contributed by atoms with Crippen molar-refractivity contribution >= 4 is 38.8 Å². The Morgan fingerprint density at radius 1 is 0.407 bits per heavy atom. The number of aromatic amines is 3. The van der Waals surface area contributed by atoms with Gasteiger partial charge >= 0.3 is 0 Å². The van der Waals surface area contributed by atoms with Gasteiger partial charge < -0.3 is 15.0 Å². The van der Waals surface area contributed by atoms with Gasteiger partial charge in [-0.2, -0.15) is 0 Å². The van der Waals surface area contributed by atoms with Crippen LogP contribution in [-0.2, 0) is 12.8 Å². The van der Waals surface area contributed by atoms with Crippen molar-refractivity contribution in [1.29, 1.82) is 0 Å². The van der Waals surface area contributed by atoms with Gasteiger partial charge in [-0.05, 0) is 37.1 Å². The Morgan fingerprint density at radius 3 is 1.08 bits per heavy atom. The highest BCUT2D eigenvalue weighted by atomic mass is 19.2. The van der Waals surface area contributed by atoms with Gasteiger partial charge in [0, 0.05) is 39.3 Å². The second-order valence-corrected chi connectivity index (χ2v) is 12.7. The van der Waals surface area contributed by atoms with E-state index in [2.05, 4.69) is 19.9 Å². The van der Waals surface area contributed by atoms with E-state index in [1.54, 1.807) is 0 Å². The lowest BCUT2D eigenvalue weighted by molar-refractivity contribution is -0.382. The Balaban J connectivity index is 1.69. The molecule has 5 heterocycles. The zero-order valence-corrected chi connectivity index (χ0v) is 28.2. The molecule has 7 nitrogen and oxygen atoms in total. The topological polar surface area (TPSA) is 103 Å². The summed E-state index contributed by atoms with van der Waals surface area (Å²) in [5.41, 5.74) is -15.0. The van der Waals surface area contributed by atoms with Gasteiger partial charge in [0.25, 0.3) is 5.69 Å². The molecular formula is C37H12F15N5O2. The Morgan fingerprint density at radius 2 is 0.712 bits per heavy atom. The van der Waals surface area contributed by atoms with Gasteiger partial charge in [-0.25, -0.2) is 65.9 Å². The second-order valence-electron chi connectivity index (χ2n) is 12.7. The summed E-state index contributed by atoms with van der Waals surface area (Å²) in [4.78, 5) is 22.5. The smallest absolute Gasteiger partial charge is 0.295 e. The number of H-pyrrole nitrogens is 3. The summed E-state index contributed by atoms with van der Waals surface area (Å²) in [6, 6.07) is 4.02. The number of fused-ring (bicyclic) bond motifs is 9. The molecule has 0 saturated heterocycles. The van der Waals surface area contributed by atoms with Crippen LogP contribution in [0.4, 0.5) is 71.5 Å². The quantitative estimate of drug-likeness (QED) is 0.0540. The molecule has 3 aromatic carbocycles. The van der Waals surface area contributed by atoms with Crippen LogP contribution in [-0.4, -0.2) is 24.9 Å². The van der Waals surface area contributed by atoms with Crippen LogP contribution in [0.3, 0.4) is 0 Å². The average Bonchev–Trinajstić information content (AvgIpc) is 4.05. The van der Waals surface area contributed by atoms with E-state index in [0.717, 1.165) is 18.2 Å². The number of halogens is 15. The number of aromatic nitrogens is 4. The third-order valence-corrected chi connectivity index (χ3v) is 9.54. The number of aryl methyl sites for hydroxylation is 2. The third kappa shape index (κ3) is 5.59. The van der Waals surface area contributed by atoms with Crippen LogP contribution >= 0.6 is 0 Å². The van der Waals surface area contributed by atoms with Crippen molar-refractivity contribution in [3.63, 3.8) is 0 Å². The van der Waals surface area contributed by atoms with Gasteiger partial charge in [0.1, 0.15) is 5.52 Å². The largest absolute Gasteiger partial charge is 0.354 e. The van der Waals surface area contributed by atoms with Gasteiger partial charge in [0.15, 0.2) is 69.8 Å². The van der Waals surface area contributed by atoms with Crippen molar-refractivity contribution in [3.8, 4) is 33.4 Å². The van der Waals surface area contributed by atoms with E-state index in [1.807, 2.05) is 0 Å². The normalized spacial score (nSPS) is 12.3. The fourth-order valence-corrected chi connectivity index (χ4v) is 6.92. The highest BCUT2D eigenvalue weighted by Gasteiger charge is 2.34. The van der Waals surface area contributed by atoms with Crippen LogP contribution in [0.15, 0.2) is 30.3 Å². The van der Waals surface area contributed by atoms with Crippen molar-refractivity contribution in [2.45, 2.75) is 12.8 Å². The molecular weight excluding hydrogens is 831 g/mol. The average molecular weight is 844 g/mol. The van der Waals surface area contributed by atoms with Gasteiger partial charge in [0.05, 0.1) is 44.0 Å². The van der Waals surface area contributed by atoms with Gasteiger partial charge in [0.2, 0.25) is 17.5 Å². The summed E-state index contributed by atoms with van der Waals surface area (Å²) in [6.07, 6.45) is -1.28. The summed E-state index contributed by atoms with van der Waals surface area (Å²) in [5.74, 6) is -37.8. The van der Waals surface area contributed by atoms with Gasteiger partial charge in [-0.3, -0.25) is 15.1 Å². The number of hydrogen-bond donors (Lipinski definition) is 3. The first-order chi connectivity index (χ1) is 27.8. The molecule has 302 valence electrons. The van der Waals surface area contributed by atoms with Crippen molar-refractivity contribution < 1.29 is 70.8 Å². The molecule has 0 radical (unpaired) electrons. The van der Waals surface area contributed by atoms with Crippen LogP contribution in [0.2, 0.25) is 0 Å². The number of nitro groups is 1. The van der Waals surface area contributed by atoms with Crippen LogP contribution in [0.5, 0.6) is 0 Å². The van der Waals surface area contributed by atoms with E-state index >= 15 is 26.3 Å². The lowest BCUT2D eigenvalue weighted by Crippen LogP contribution is -2.05. The summed E-state index contributed by atoms with van der Waals surface area (Å²) in [7, 11) is 0. The van der Waals surface area contributed by atoms with Gasteiger partial charge in [-0.15, -0.1) is 0 Å². The molecule has 0 spiro atoms. The molecule has 59 heavy (non-hydrogen) atoms. The first-order valence-electron chi connectivity index (χ1n) is 16.2. The number of benzene rings is 3. The standard InChI is InChI=1S/C37H12F15N5O2/c38-22-19(23(39)29(45)34(50)28(22)44)16-9-2-1-8(53-9)14-7-15(57(58)59)37(56-14)18(21-26(42)32(48)36(52)33(49)27(21)43)13-6-5-12(55-13)17(11-4-3-10(16)54-11)20-24(40)30(46)35(51)31(47)25(20)41/h1-2,5-7,53,55-56H,3-4H2. The SMILES string of the molecule is O=[N+]([O-])c1cc2[nH]c1c(-c1c(F)c(F)c(F)c(F)c1F)c1ccc([nH]1)c(-c1c(F)c(F)c(F)c(F)c1F)c1nc(c(-c3c(F)c(F)c(F)c(F)c3F)c3ccc2[nH]3)CC1. The fraction of sp³-hybridized carbons (Fsp3) is 0.0541. The molecule has 4 aromatic heterocycles. The molecule has 1 aliphatic rings. The summed E-state index contributed by atoms with van der Waals surface area (Å²) in [5, 5.41) is 12.4. The zero-order valence-electron chi connectivity index (χ0n) is 28.2. The van der Waals surface area contributed by atoms with E-state index in [0.29, 0.717) is 12.1 Å². The number of nitrogens with zero attached hydrogens (tertiary/aromatic N) is 2. The van der Waals surface area contributed by atoms with E-state index in [9.17, 15) is 49.6 Å². The highest BCUT2D eigenvalue weighted by Crippen LogP contribution is 2.43. The summed E-state index contributed by atoms with van der Waals surface area (Å²) >= 11 is 0. The Kier molecular flexibility index (Phi) is 8.92. The minimum absolute atomic E-state index is 0.342. The summed E-state index contributed by atoms with van der Waals surface area (Å²) < 4.78 is 225. The van der Waals surface area contributed by atoms with Crippen LogP contribution in [0.1, 0.15) is 11.4 Å². The van der Waals surface area contributed by atoms with E-state index in [4.69, 9.17) is 0 Å². The zero-order chi connectivity index (χ0) is 42.7. The molecule has 3 N–H and O–H groups in total. The van der Waals surface area contributed by atoms with Crippen LogP contribution < -0.4 is 0 Å². The molecule has 22 heteroatoms. The molecule has 0 aliphatic carbocycles. The Hall–Kier alpha value is -7.00. The van der Waals surface area contributed by atoms with Crippen LogP contribution in [0, 0.1) is 97.4 Å². The monoisotopic (exact) mass is 843 g/mol. The minimum Gasteiger partial charge on any atom is -0.354 e. The van der Waals surface area contributed by atoms with Crippen molar-refractivity contribution in [2.75, 3.05) is 0 Å². The third-order valence-electron chi connectivity index (χ3n) is 9.54. The highest BCUT2D eigenvalue weighted by molar-refractivity contribution is 6.01. The number of nitrogens with one attached hydrogen (secondary N) is 3. The van der Waals surface area contributed by atoms with Crippen molar-refractivity contribution in [1.82, 2.24) is 19.9 Å². The lowest BCUT2D eigenvalue weighted by atomic mass is 9.98. The molecule has 1 aliphatic heterocycles. The minimum atomic E-state index is -2.65. The van der Waals surface area contributed by atoms with Crippen molar-refractivity contribution in [2.24, 2.45) is 0 Å². The molecule has 8 bridgehead atoms. The fourth-order valence-electron chi connectivity index (χ4n) is 6.92. The predicted molar refractivity (Wildman–Crippen MR) is 176 cm³/mol. The number of rotatable bonds is 4. The van der Waals surface area contributed by atoms with E-state index in [1.165, 1.54) is 0 Å². The van der Waals surface area contributed by atoms with E-state index in [-0.39, 0.29) is 5.52 Å². The first-order valence-corrected chi connectivity index (χ1v) is 16.2. The maximum atomic E-state index is 15.7. The second kappa shape index (κ2) is 13.6. The molecule has 7 aromatic rings. The predicted octanol–water partition coefficient (Wildman–Crippen LogP) is 11.3. The van der Waals surface area contributed by atoms with Gasteiger partial charge in [-0.1, -0.05) is 0 Å². The number of hydrogen-bond acceptors (Lipinski definition) is 3.